The molecule has 0 spiro atoms. The number of nitrogens with two attached hydrogens (primary N) is 1. The van der Waals surface area contributed by atoms with Crippen molar-refractivity contribution in [3.8, 4) is 0 Å². The van der Waals surface area contributed by atoms with E-state index in [1.54, 1.807) is 0 Å². The fourth-order valence-corrected chi connectivity index (χ4v) is 3.55. The van der Waals surface area contributed by atoms with Crippen molar-refractivity contribution in [1.29, 1.82) is 0 Å². The summed E-state index contributed by atoms with van der Waals surface area (Å²) in [6.45, 7) is 10.5. The molecular formula is C16H31ClN2O2. The first-order chi connectivity index (χ1) is 9.39. The quantitative estimate of drug-likeness (QED) is 0.851. The van der Waals surface area contributed by atoms with E-state index in [-0.39, 0.29) is 23.7 Å². The molecule has 0 unspecified atom stereocenters. The van der Waals surface area contributed by atoms with E-state index in [9.17, 15) is 4.79 Å². The highest BCUT2D eigenvalue weighted by atomic mass is 35.5. The molecule has 2 N–H and O–H groups in total. The van der Waals surface area contributed by atoms with Crippen molar-refractivity contribution in [2.75, 3.05) is 32.8 Å². The maximum atomic E-state index is 12.9. The molecular weight excluding hydrogens is 288 g/mol. The highest BCUT2D eigenvalue weighted by Crippen LogP contribution is 2.37. The van der Waals surface area contributed by atoms with E-state index in [0.717, 1.165) is 44.7 Å². The van der Waals surface area contributed by atoms with Crippen LogP contribution in [0, 0.1) is 16.7 Å². The van der Waals surface area contributed by atoms with Crippen molar-refractivity contribution in [2.24, 2.45) is 22.5 Å². The summed E-state index contributed by atoms with van der Waals surface area (Å²) in [5.74, 6) is 0.991. The summed E-state index contributed by atoms with van der Waals surface area (Å²) >= 11 is 0. The second-order valence-electron chi connectivity index (χ2n) is 7.53. The molecule has 0 radical (unpaired) electrons. The number of carbonyl (C=O) groups is 1. The molecule has 2 heterocycles. The van der Waals surface area contributed by atoms with Gasteiger partial charge in [-0.2, -0.15) is 0 Å². The molecule has 21 heavy (non-hydrogen) atoms. The lowest BCUT2D eigenvalue weighted by Crippen LogP contribution is -2.53. The van der Waals surface area contributed by atoms with Crippen LogP contribution in [0.5, 0.6) is 0 Å². The zero-order chi connectivity index (χ0) is 14.8. The third-order valence-electron chi connectivity index (χ3n) is 5.30. The Hall–Kier alpha value is -0.320. The molecule has 1 amide bonds. The minimum atomic E-state index is -0.354. The first-order valence-electron chi connectivity index (χ1n) is 7.96. The van der Waals surface area contributed by atoms with Gasteiger partial charge in [0.15, 0.2) is 0 Å². The van der Waals surface area contributed by atoms with Crippen LogP contribution in [0.15, 0.2) is 0 Å². The number of ether oxygens (including phenoxy) is 1. The molecule has 0 aromatic carbocycles. The summed E-state index contributed by atoms with van der Waals surface area (Å²) in [5, 5.41) is 0. The summed E-state index contributed by atoms with van der Waals surface area (Å²) in [6.07, 6.45) is 3.79. The summed E-state index contributed by atoms with van der Waals surface area (Å²) in [7, 11) is 0. The lowest BCUT2D eigenvalue weighted by molar-refractivity contribution is -0.149. The van der Waals surface area contributed by atoms with Gasteiger partial charge in [-0.05, 0) is 37.0 Å². The van der Waals surface area contributed by atoms with Crippen molar-refractivity contribution in [3.05, 3.63) is 0 Å². The first-order valence-corrected chi connectivity index (χ1v) is 7.96. The number of hydrogen-bond acceptors (Lipinski definition) is 3. The predicted molar refractivity (Wildman–Crippen MR) is 87.5 cm³/mol. The zero-order valence-electron chi connectivity index (χ0n) is 13.7. The fourth-order valence-electron chi connectivity index (χ4n) is 3.55. The van der Waals surface area contributed by atoms with E-state index in [1.807, 2.05) is 0 Å². The molecule has 2 fully saturated rings. The SMILES string of the molecule is CC(C)(C)C1CCN(C(=O)C2(CN)CCOCC2)CC1.Cl. The van der Waals surface area contributed by atoms with Crippen molar-refractivity contribution in [2.45, 2.75) is 46.5 Å². The molecule has 2 aliphatic heterocycles. The predicted octanol–water partition coefficient (Wildman–Crippen LogP) is 2.45. The van der Waals surface area contributed by atoms with Gasteiger partial charge in [-0.25, -0.2) is 0 Å². The molecule has 0 aromatic rings. The maximum Gasteiger partial charge on any atom is 0.230 e. The lowest BCUT2D eigenvalue weighted by atomic mass is 9.74. The van der Waals surface area contributed by atoms with Crippen LogP contribution in [-0.4, -0.2) is 43.7 Å². The Kier molecular flexibility index (Phi) is 6.51. The maximum absolute atomic E-state index is 12.9. The number of likely N-dealkylation sites (tertiary alicyclic amines) is 1. The minimum Gasteiger partial charge on any atom is -0.381 e. The Morgan fingerprint density at radius 2 is 1.76 bits per heavy atom. The van der Waals surface area contributed by atoms with Crippen molar-refractivity contribution in [1.82, 2.24) is 4.90 Å². The summed E-state index contributed by atoms with van der Waals surface area (Å²) in [5.41, 5.74) is 5.93. The highest BCUT2D eigenvalue weighted by molar-refractivity contribution is 5.85. The van der Waals surface area contributed by atoms with Crippen LogP contribution in [0.4, 0.5) is 0 Å². The molecule has 0 saturated carbocycles. The molecule has 0 aliphatic carbocycles. The van der Waals surface area contributed by atoms with E-state index in [1.165, 1.54) is 0 Å². The number of carbonyl (C=O) groups excluding carboxylic acids is 1. The van der Waals surface area contributed by atoms with Gasteiger partial charge in [-0.15, -0.1) is 12.4 Å². The molecule has 2 saturated heterocycles. The highest BCUT2D eigenvalue weighted by Gasteiger charge is 2.42. The van der Waals surface area contributed by atoms with Crippen molar-refractivity contribution in [3.63, 3.8) is 0 Å². The third kappa shape index (κ3) is 4.11. The number of halogens is 1. The molecule has 2 rings (SSSR count). The Morgan fingerprint density at radius 1 is 1.24 bits per heavy atom. The number of hydrogen-bond donors (Lipinski definition) is 1. The third-order valence-corrected chi connectivity index (χ3v) is 5.30. The van der Waals surface area contributed by atoms with Crippen LogP contribution < -0.4 is 5.73 Å². The van der Waals surface area contributed by atoms with Gasteiger partial charge in [0.2, 0.25) is 5.91 Å². The van der Waals surface area contributed by atoms with Gasteiger partial charge < -0.3 is 15.4 Å². The number of amides is 1. The van der Waals surface area contributed by atoms with Crippen LogP contribution in [0.3, 0.4) is 0 Å². The molecule has 0 bridgehead atoms. The standard InChI is InChI=1S/C16H30N2O2.ClH/c1-15(2,3)13-4-8-18(9-5-13)14(19)16(12-17)6-10-20-11-7-16;/h13H,4-12,17H2,1-3H3;1H. The Morgan fingerprint density at radius 3 is 2.19 bits per heavy atom. The largest absolute Gasteiger partial charge is 0.381 e. The van der Waals surface area contributed by atoms with Crippen LogP contribution in [0.2, 0.25) is 0 Å². The van der Waals surface area contributed by atoms with E-state index >= 15 is 0 Å². The zero-order valence-corrected chi connectivity index (χ0v) is 14.5. The van der Waals surface area contributed by atoms with Crippen LogP contribution in [0.25, 0.3) is 0 Å². The smallest absolute Gasteiger partial charge is 0.230 e. The second kappa shape index (κ2) is 7.30. The van der Waals surface area contributed by atoms with Crippen LogP contribution in [0.1, 0.15) is 46.5 Å². The van der Waals surface area contributed by atoms with Gasteiger partial charge in [0.1, 0.15) is 0 Å². The number of nitrogens with zero attached hydrogens (tertiary/aromatic N) is 1. The number of rotatable bonds is 2. The monoisotopic (exact) mass is 318 g/mol. The lowest BCUT2D eigenvalue weighted by Gasteiger charge is -2.43. The van der Waals surface area contributed by atoms with Gasteiger partial charge in [-0.3, -0.25) is 4.79 Å². The van der Waals surface area contributed by atoms with Gasteiger partial charge in [0.25, 0.3) is 0 Å². The van der Waals surface area contributed by atoms with Crippen molar-refractivity contribution >= 4 is 18.3 Å². The van der Waals surface area contributed by atoms with Gasteiger partial charge >= 0.3 is 0 Å². The van der Waals surface area contributed by atoms with E-state index < -0.39 is 0 Å². The Labute approximate surface area is 135 Å². The topological polar surface area (TPSA) is 55.6 Å². The molecule has 2 aliphatic rings. The van der Waals surface area contributed by atoms with Gasteiger partial charge in [-0.1, -0.05) is 20.8 Å². The fraction of sp³-hybridized carbons (Fsp3) is 0.938. The summed E-state index contributed by atoms with van der Waals surface area (Å²) in [6, 6.07) is 0. The summed E-state index contributed by atoms with van der Waals surface area (Å²) < 4.78 is 5.40. The van der Waals surface area contributed by atoms with Crippen molar-refractivity contribution < 1.29 is 9.53 Å². The Balaban J connectivity index is 0.00000220. The van der Waals surface area contributed by atoms with E-state index in [2.05, 4.69) is 25.7 Å². The average molecular weight is 319 g/mol. The normalized spacial score (nSPS) is 23.5. The molecule has 124 valence electrons. The van der Waals surface area contributed by atoms with Gasteiger partial charge in [0.05, 0.1) is 5.41 Å². The van der Waals surface area contributed by atoms with Crippen LogP contribution in [-0.2, 0) is 9.53 Å². The molecule has 4 nitrogen and oxygen atoms in total. The second-order valence-corrected chi connectivity index (χ2v) is 7.53. The molecule has 0 atom stereocenters. The van der Waals surface area contributed by atoms with Gasteiger partial charge in [0, 0.05) is 32.8 Å². The van der Waals surface area contributed by atoms with E-state index in [0.29, 0.717) is 25.2 Å². The summed E-state index contributed by atoms with van der Waals surface area (Å²) in [4.78, 5) is 14.9. The molecule has 0 aromatic heterocycles. The van der Waals surface area contributed by atoms with Crippen LogP contribution >= 0.6 is 12.4 Å². The molecule has 5 heteroatoms. The van der Waals surface area contributed by atoms with E-state index in [4.69, 9.17) is 10.5 Å². The first kappa shape index (κ1) is 18.7. The Bertz CT molecular complexity index is 341. The minimum absolute atomic E-state index is 0. The number of piperidine rings is 1. The average Bonchev–Trinajstić information content (AvgIpc) is 2.46.